The van der Waals surface area contributed by atoms with Crippen molar-refractivity contribution in [3.05, 3.63) is 133 Å². The van der Waals surface area contributed by atoms with E-state index in [1.165, 1.54) is 12.1 Å². The van der Waals surface area contributed by atoms with Crippen LogP contribution in [-0.4, -0.2) is 37.5 Å². The molecule has 0 saturated carbocycles. The maximum absolute atomic E-state index is 11.6. The minimum absolute atomic E-state index is 0.108. The van der Waals surface area contributed by atoms with E-state index in [1.807, 2.05) is 84.9 Å². The summed E-state index contributed by atoms with van der Waals surface area (Å²) in [7, 11) is 0. The predicted octanol–water partition coefficient (Wildman–Crippen LogP) is 8.41. The Labute approximate surface area is 252 Å². The zero-order valence-corrected chi connectivity index (χ0v) is 23.9. The summed E-state index contributed by atoms with van der Waals surface area (Å²) < 4.78 is 23.4. The summed E-state index contributed by atoms with van der Waals surface area (Å²) in [4.78, 5) is 11.6. The number of hydrogen-bond donors (Lipinski definition) is 1. The van der Waals surface area contributed by atoms with Gasteiger partial charge in [-0.1, -0.05) is 84.9 Å². The first-order valence-electron chi connectivity index (χ1n) is 14.3. The number of carboxylic acids is 1. The molecule has 0 heterocycles. The van der Waals surface area contributed by atoms with Gasteiger partial charge in [0.1, 0.15) is 23.0 Å². The molecule has 0 saturated heterocycles. The highest BCUT2D eigenvalue weighted by Crippen LogP contribution is 2.25. The topological polar surface area (TPSA) is 74.2 Å². The third-order valence-electron chi connectivity index (χ3n) is 6.70. The lowest BCUT2D eigenvalue weighted by atomic mass is 10.1. The molecule has 218 valence electrons. The summed E-state index contributed by atoms with van der Waals surface area (Å²) in [6, 6.07) is 41.0. The number of hydrogen-bond acceptors (Lipinski definition) is 5. The number of ether oxygens (including phenoxy) is 4. The summed E-state index contributed by atoms with van der Waals surface area (Å²) >= 11 is 0. The third kappa shape index (κ3) is 8.88. The molecule has 6 nitrogen and oxygen atoms in total. The van der Waals surface area contributed by atoms with Crippen LogP contribution in [0.2, 0.25) is 0 Å². The molecule has 0 unspecified atom stereocenters. The Balaban J connectivity index is 1.03. The zero-order valence-electron chi connectivity index (χ0n) is 23.9. The van der Waals surface area contributed by atoms with Crippen molar-refractivity contribution in [2.45, 2.75) is 12.8 Å². The summed E-state index contributed by atoms with van der Waals surface area (Å²) in [5.74, 6) is 1.42. The van der Waals surface area contributed by atoms with Crippen LogP contribution < -0.4 is 18.9 Å². The minimum Gasteiger partial charge on any atom is -0.493 e. The highest BCUT2D eigenvalue weighted by Gasteiger charge is 2.09. The van der Waals surface area contributed by atoms with Crippen molar-refractivity contribution in [1.29, 1.82) is 0 Å². The van der Waals surface area contributed by atoms with Crippen LogP contribution in [0.1, 0.15) is 23.2 Å². The van der Waals surface area contributed by atoms with Crippen molar-refractivity contribution >= 4 is 5.97 Å². The summed E-state index contributed by atoms with van der Waals surface area (Å²) in [5.41, 5.74) is 4.69. The van der Waals surface area contributed by atoms with Crippen LogP contribution in [0.4, 0.5) is 0 Å². The second-order valence-electron chi connectivity index (χ2n) is 9.88. The normalized spacial score (nSPS) is 10.6. The molecule has 0 amide bonds. The van der Waals surface area contributed by atoms with E-state index in [0.717, 1.165) is 33.8 Å². The molecule has 6 heteroatoms. The van der Waals surface area contributed by atoms with Crippen molar-refractivity contribution in [2.24, 2.45) is 0 Å². The Hall–Kier alpha value is -5.23. The molecule has 0 bridgehead atoms. The van der Waals surface area contributed by atoms with Gasteiger partial charge >= 0.3 is 5.97 Å². The molecule has 43 heavy (non-hydrogen) atoms. The quantitative estimate of drug-likeness (QED) is 0.127. The lowest BCUT2D eigenvalue weighted by Crippen LogP contribution is -2.07. The van der Waals surface area contributed by atoms with E-state index in [1.54, 1.807) is 6.07 Å². The SMILES string of the molecule is O=C(O)c1cc(OCCCOc2ccc(-c3ccccc3)cc2)cc(OCCCOc2ccc(-c3ccccc3)cc2)c1. The molecule has 0 aliphatic rings. The van der Waals surface area contributed by atoms with Crippen molar-refractivity contribution < 1.29 is 28.8 Å². The Bertz CT molecular complexity index is 1450. The summed E-state index contributed by atoms with van der Waals surface area (Å²) in [6.07, 6.45) is 1.27. The molecule has 5 aromatic carbocycles. The fourth-order valence-corrected chi connectivity index (χ4v) is 4.49. The van der Waals surface area contributed by atoms with E-state index in [-0.39, 0.29) is 5.56 Å². The molecule has 0 spiro atoms. The fourth-order valence-electron chi connectivity index (χ4n) is 4.49. The fraction of sp³-hybridized carbons (Fsp3) is 0.162. The maximum atomic E-state index is 11.6. The smallest absolute Gasteiger partial charge is 0.335 e. The number of benzene rings is 5. The predicted molar refractivity (Wildman–Crippen MR) is 168 cm³/mol. The zero-order chi connectivity index (χ0) is 29.7. The van der Waals surface area contributed by atoms with Crippen LogP contribution in [0.5, 0.6) is 23.0 Å². The van der Waals surface area contributed by atoms with Crippen LogP contribution in [0.25, 0.3) is 22.3 Å². The van der Waals surface area contributed by atoms with E-state index in [2.05, 4.69) is 24.3 Å². The average Bonchev–Trinajstić information content (AvgIpc) is 3.06. The molecule has 5 aromatic rings. The molecule has 0 fully saturated rings. The standard InChI is InChI=1S/C37H34O6/c38-37(39)32-25-35(42-23-7-21-40-33-17-13-30(14-18-33)28-9-3-1-4-10-28)27-36(26-32)43-24-8-22-41-34-19-15-31(16-20-34)29-11-5-2-6-12-29/h1-6,9-20,25-27H,7-8,21-24H2,(H,38,39). The lowest BCUT2D eigenvalue weighted by molar-refractivity contribution is 0.0695. The van der Waals surface area contributed by atoms with Crippen molar-refractivity contribution in [1.82, 2.24) is 0 Å². The second-order valence-corrected chi connectivity index (χ2v) is 9.88. The van der Waals surface area contributed by atoms with Gasteiger partial charge in [-0.05, 0) is 58.7 Å². The Morgan fingerprint density at radius 1 is 0.442 bits per heavy atom. The van der Waals surface area contributed by atoms with Crippen LogP contribution in [0.3, 0.4) is 0 Å². The molecule has 1 N–H and O–H groups in total. The highest BCUT2D eigenvalue weighted by molar-refractivity contribution is 5.88. The van der Waals surface area contributed by atoms with Crippen molar-refractivity contribution in [2.75, 3.05) is 26.4 Å². The van der Waals surface area contributed by atoms with Gasteiger partial charge in [0.2, 0.25) is 0 Å². The van der Waals surface area contributed by atoms with Gasteiger partial charge in [0, 0.05) is 18.9 Å². The van der Waals surface area contributed by atoms with Gasteiger partial charge in [-0.15, -0.1) is 0 Å². The second kappa shape index (κ2) is 15.1. The van der Waals surface area contributed by atoms with Crippen LogP contribution in [-0.2, 0) is 0 Å². The number of rotatable bonds is 15. The van der Waals surface area contributed by atoms with E-state index in [0.29, 0.717) is 50.8 Å². The van der Waals surface area contributed by atoms with E-state index in [9.17, 15) is 9.90 Å². The lowest BCUT2D eigenvalue weighted by Gasteiger charge is -2.12. The monoisotopic (exact) mass is 574 g/mol. The first-order valence-corrected chi connectivity index (χ1v) is 14.3. The molecular formula is C37H34O6. The van der Waals surface area contributed by atoms with E-state index in [4.69, 9.17) is 18.9 Å². The highest BCUT2D eigenvalue weighted by atomic mass is 16.5. The third-order valence-corrected chi connectivity index (χ3v) is 6.70. The number of aromatic carboxylic acids is 1. The molecule has 5 rings (SSSR count). The first-order chi connectivity index (χ1) is 21.1. The van der Waals surface area contributed by atoms with Gasteiger partial charge in [0.05, 0.1) is 32.0 Å². The molecule has 0 aliphatic heterocycles. The Kier molecular flexibility index (Phi) is 10.3. The average molecular weight is 575 g/mol. The van der Waals surface area contributed by atoms with Gasteiger partial charge in [-0.3, -0.25) is 0 Å². The number of carbonyl (C=O) groups is 1. The summed E-state index contributed by atoms with van der Waals surface area (Å²) in [5, 5.41) is 9.54. The van der Waals surface area contributed by atoms with Crippen LogP contribution in [0, 0.1) is 0 Å². The summed E-state index contributed by atoms with van der Waals surface area (Å²) in [6.45, 7) is 1.70. The molecular weight excluding hydrogens is 540 g/mol. The van der Waals surface area contributed by atoms with E-state index >= 15 is 0 Å². The van der Waals surface area contributed by atoms with Gasteiger partial charge in [0.25, 0.3) is 0 Å². The van der Waals surface area contributed by atoms with Gasteiger partial charge in [-0.25, -0.2) is 4.79 Å². The van der Waals surface area contributed by atoms with Crippen LogP contribution >= 0.6 is 0 Å². The van der Waals surface area contributed by atoms with Gasteiger partial charge < -0.3 is 24.1 Å². The minimum atomic E-state index is -1.04. The Morgan fingerprint density at radius 3 is 1.16 bits per heavy atom. The number of carboxylic acid groups (broad SMARTS) is 1. The van der Waals surface area contributed by atoms with Crippen LogP contribution in [0.15, 0.2) is 127 Å². The molecule has 0 radical (unpaired) electrons. The maximum Gasteiger partial charge on any atom is 0.335 e. The molecule has 0 atom stereocenters. The largest absolute Gasteiger partial charge is 0.493 e. The van der Waals surface area contributed by atoms with Gasteiger partial charge in [-0.2, -0.15) is 0 Å². The molecule has 0 aromatic heterocycles. The Morgan fingerprint density at radius 2 is 0.791 bits per heavy atom. The first kappa shape index (κ1) is 29.3. The van der Waals surface area contributed by atoms with E-state index < -0.39 is 5.97 Å². The molecule has 0 aliphatic carbocycles. The van der Waals surface area contributed by atoms with Crippen molar-refractivity contribution in [3.63, 3.8) is 0 Å². The van der Waals surface area contributed by atoms with Crippen molar-refractivity contribution in [3.8, 4) is 45.3 Å². The van der Waals surface area contributed by atoms with Gasteiger partial charge in [0.15, 0.2) is 0 Å².